The highest BCUT2D eigenvalue weighted by Crippen LogP contribution is 2.11. The molecule has 0 fully saturated rings. The van der Waals surface area contributed by atoms with E-state index in [4.69, 9.17) is 9.11 Å². The molecular weight excluding hydrogens is 476 g/mol. The van der Waals surface area contributed by atoms with Crippen LogP contribution in [-0.4, -0.2) is 37.4 Å². The zero-order valence-electron chi connectivity index (χ0n) is 22.3. The van der Waals surface area contributed by atoms with Crippen molar-refractivity contribution in [2.75, 3.05) is 11.5 Å². The molecule has 0 aromatic heterocycles. The predicted octanol–water partition coefficient (Wildman–Crippen LogP) is 7.91. The molecule has 34 heavy (non-hydrogen) atoms. The molecule has 8 nitrogen and oxygen atoms in total. The third-order valence-electron chi connectivity index (χ3n) is 5.51. The Hall–Kier alpha value is -0.260. The van der Waals surface area contributed by atoms with E-state index in [-0.39, 0.29) is 23.8 Å². The second-order valence-corrected chi connectivity index (χ2v) is 12.1. The molecule has 0 saturated carbocycles. The molecule has 0 amide bonds. The van der Waals surface area contributed by atoms with Gasteiger partial charge in [-0.1, -0.05) is 129 Å². The first kappa shape index (κ1) is 40.9. The summed E-state index contributed by atoms with van der Waals surface area (Å²) in [5.41, 5.74) is 0. The quantitative estimate of drug-likeness (QED) is 0.0798. The molecule has 10 heteroatoms. The maximum Gasteiger partial charge on any atom is 0.264 e. The monoisotopic (exact) mass is 534 g/mol. The molecule has 0 atom stereocenters. The summed E-state index contributed by atoms with van der Waals surface area (Å²) in [5, 5.41) is 0. The third kappa shape index (κ3) is 45.3. The average molecular weight is 535 g/mol. The van der Waals surface area contributed by atoms with Gasteiger partial charge in [-0.15, -0.1) is 0 Å². The lowest BCUT2D eigenvalue weighted by Gasteiger charge is -2.01. The van der Waals surface area contributed by atoms with Crippen LogP contribution in [0.2, 0.25) is 0 Å². The summed E-state index contributed by atoms with van der Waals surface area (Å²) in [6, 6.07) is 0. The largest absolute Gasteiger partial charge is 0.344 e. The molecule has 0 bridgehead atoms. The zero-order chi connectivity index (χ0) is 24.6. The van der Waals surface area contributed by atoms with Crippen molar-refractivity contribution >= 4 is 20.2 Å². The van der Waals surface area contributed by atoms with Crippen LogP contribution in [0.1, 0.15) is 142 Å². The molecule has 0 aliphatic rings. The Morgan fingerprint density at radius 3 is 0.735 bits per heavy atom. The number of hydrogen-bond donors (Lipinski definition) is 4. The zero-order valence-corrected chi connectivity index (χ0v) is 23.9. The van der Waals surface area contributed by atoms with Crippen LogP contribution in [-0.2, 0) is 20.2 Å². The summed E-state index contributed by atoms with van der Waals surface area (Å²) >= 11 is 0. The van der Waals surface area contributed by atoms with Crippen LogP contribution >= 0.6 is 0 Å². The van der Waals surface area contributed by atoms with E-state index in [1.165, 1.54) is 89.9 Å². The van der Waals surface area contributed by atoms with Crippen molar-refractivity contribution in [2.45, 2.75) is 142 Å². The van der Waals surface area contributed by atoms with E-state index in [0.29, 0.717) is 12.8 Å². The van der Waals surface area contributed by atoms with Crippen LogP contribution < -0.4 is 12.3 Å². The number of hydrogen-bond acceptors (Lipinski definition) is 6. The van der Waals surface area contributed by atoms with Crippen LogP contribution in [0.5, 0.6) is 0 Å². The van der Waals surface area contributed by atoms with E-state index in [2.05, 4.69) is 13.8 Å². The van der Waals surface area contributed by atoms with Crippen molar-refractivity contribution in [1.29, 1.82) is 0 Å². The number of unbranched alkanes of at least 4 members (excludes halogenated alkanes) is 18. The standard InChI is InChI=1S/2C12H26O3S.2H3N/c2*1-2-3-4-5-6-7-8-9-10-11-12-16(13,14)15;;/h2*2-12H2,1H3,(H,13,14,15);2*1H3. The van der Waals surface area contributed by atoms with Crippen molar-refractivity contribution < 1.29 is 25.9 Å². The molecule has 0 heterocycles. The Labute approximate surface area is 212 Å². The van der Waals surface area contributed by atoms with Crippen LogP contribution in [0.3, 0.4) is 0 Å². The van der Waals surface area contributed by atoms with Gasteiger partial charge in [-0.3, -0.25) is 9.11 Å². The second kappa shape index (κ2) is 29.0. The topological polar surface area (TPSA) is 179 Å². The predicted molar refractivity (Wildman–Crippen MR) is 147 cm³/mol. The van der Waals surface area contributed by atoms with Gasteiger partial charge in [0.2, 0.25) is 0 Å². The second-order valence-electron chi connectivity index (χ2n) is 8.94. The Balaban J connectivity index is -0.000000250. The minimum atomic E-state index is -3.73. The van der Waals surface area contributed by atoms with E-state index in [0.717, 1.165) is 25.7 Å². The van der Waals surface area contributed by atoms with Gasteiger partial charge in [-0.25, -0.2) is 0 Å². The van der Waals surface area contributed by atoms with E-state index in [1.807, 2.05) is 0 Å². The van der Waals surface area contributed by atoms with Gasteiger partial charge < -0.3 is 12.3 Å². The molecule has 0 saturated heterocycles. The van der Waals surface area contributed by atoms with Gasteiger partial charge in [0.15, 0.2) is 0 Å². The number of rotatable bonds is 22. The fourth-order valence-corrected chi connectivity index (χ4v) is 4.68. The lowest BCUT2D eigenvalue weighted by Crippen LogP contribution is -2.03. The molecule has 0 aromatic carbocycles. The van der Waals surface area contributed by atoms with Gasteiger partial charge in [-0.05, 0) is 12.8 Å². The fourth-order valence-electron chi connectivity index (χ4n) is 3.54. The summed E-state index contributed by atoms with van der Waals surface area (Å²) < 4.78 is 58.7. The molecule has 0 unspecified atom stereocenters. The highest BCUT2D eigenvalue weighted by molar-refractivity contribution is 7.86. The van der Waals surface area contributed by atoms with Gasteiger partial charge in [-0.2, -0.15) is 16.8 Å². The molecule has 212 valence electrons. The first-order chi connectivity index (χ1) is 15.1. The van der Waals surface area contributed by atoms with Crippen LogP contribution in [0.25, 0.3) is 0 Å². The Kier molecular flexibility index (Phi) is 34.8. The summed E-state index contributed by atoms with van der Waals surface area (Å²) in [6.07, 6.45) is 23.3. The maximum absolute atomic E-state index is 10.4. The van der Waals surface area contributed by atoms with Gasteiger partial charge in [0.05, 0.1) is 11.5 Å². The van der Waals surface area contributed by atoms with E-state index in [1.54, 1.807) is 0 Å². The Morgan fingerprint density at radius 2 is 0.559 bits per heavy atom. The van der Waals surface area contributed by atoms with Gasteiger partial charge in [0.1, 0.15) is 0 Å². The van der Waals surface area contributed by atoms with E-state index >= 15 is 0 Å². The normalized spacial score (nSPS) is 11.2. The van der Waals surface area contributed by atoms with Crippen LogP contribution in [0.15, 0.2) is 0 Å². The van der Waals surface area contributed by atoms with Gasteiger partial charge in [0.25, 0.3) is 20.2 Å². The molecule has 0 spiro atoms. The van der Waals surface area contributed by atoms with E-state index in [9.17, 15) is 16.8 Å². The Bertz CT molecular complexity index is 532. The first-order valence-corrected chi connectivity index (χ1v) is 16.2. The molecule has 0 radical (unpaired) electrons. The minimum absolute atomic E-state index is 0. The summed E-state index contributed by atoms with van der Waals surface area (Å²) in [5.74, 6) is -0.160. The molecule has 8 N–H and O–H groups in total. The summed E-state index contributed by atoms with van der Waals surface area (Å²) in [7, 11) is -7.46. The summed E-state index contributed by atoms with van der Waals surface area (Å²) in [6.45, 7) is 4.43. The van der Waals surface area contributed by atoms with E-state index < -0.39 is 20.2 Å². The lowest BCUT2D eigenvalue weighted by atomic mass is 10.1. The molecule has 0 rings (SSSR count). The van der Waals surface area contributed by atoms with Crippen LogP contribution in [0.4, 0.5) is 0 Å². The van der Waals surface area contributed by atoms with Crippen molar-refractivity contribution in [3.05, 3.63) is 0 Å². The SMILES string of the molecule is CCCCCCCCCCCCS(=O)(=O)O.CCCCCCCCCCCCS(=O)(=O)O.N.N. The lowest BCUT2D eigenvalue weighted by molar-refractivity contribution is 0.476. The Morgan fingerprint density at radius 1 is 0.382 bits per heavy atom. The first-order valence-electron chi connectivity index (χ1n) is 13.0. The third-order valence-corrected chi connectivity index (χ3v) is 7.12. The molecule has 0 aromatic rings. The highest BCUT2D eigenvalue weighted by Gasteiger charge is 2.03. The van der Waals surface area contributed by atoms with Crippen molar-refractivity contribution in [3.8, 4) is 0 Å². The molecular formula is C24H58N2O6S2. The highest BCUT2D eigenvalue weighted by atomic mass is 32.2. The summed E-state index contributed by atoms with van der Waals surface area (Å²) in [4.78, 5) is 0. The average Bonchev–Trinajstić information content (AvgIpc) is 2.70. The smallest absolute Gasteiger partial charge is 0.264 e. The fraction of sp³-hybridized carbons (Fsp3) is 1.00. The van der Waals surface area contributed by atoms with Crippen molar-refractivity contribution in [2.24, 2.45) is 0 Å². The van der Waals surface area contributed by atoms with Crippen LogP contribution in [0, 0.1) is 0 Å². The molecule has 0 aliphatic carbocycles. The van der Waals surface area contributed by atoms with Gasteiger partial charge in [0, 0.05) is 0 Å². The maximum atomic E-state index is 10.4. The minimum Gasteiger partial charge on any atom is -0.344 e. The van der Waals surface area contributed by atoms with Crippen molar-refractivity contribution in [3.63, 3.8) is 0 Å². The van der Waals surface area contributed by atoms with Crippen molar-refractivity contribution in [1.82, 2.24) is 12.3 Å². The van der Waals surface area contributed by atoms with Gasteiger partial charge >= 0.3 is 0 Å². The molecule has 0 aliphatic heterocycles.